The van der Waals surface area contributed by atoms with Crippen LogP contribution in [0.5, 0.6) is 0 Å². The topological polar surface area (TPSA) is 40.5 Å². The fraction of sp³-hybridized carbons (Fsp3) is 0.312. The lowest BCUT2D eigenvalue weighted by Crippen LogP contribution is -2.29. The summed E-state index contributed by atoms with van der Waals surface area (Å²) in [6.07, 6.45) is 1.12. The van der Waals surface area contributed by atoms with E-state index in [1.54, 1.807) is 11.3 Å². The van der Waals surface area contributed by atoms with Crippen molar-refractivity contribution in [2.75, 3.05) is 18.0 Å². The summed E-state index contributed by atoms with van der Waals surface area (Å²) in [5.74, 6) is -0.750. The highest BCUT2D eigenvalue weighted by Crippen LogP contribution is 2.21. The van der Waals surface area contributed by atoms with Crippen molar-refractivity contribution in [1.82, 2.24) is 0 Å². The molecule has 0 fully saturated rings. The van der Waals surface area contributed by atoms with Crippen LogP contribution >= 0.6 is 11.3 Å². The molecule has 0 aliphatic carbocycles. The SMILES string of the molecule is Cc1ccccc1N(CCC(=O)O)CCc1cccs1. The Morgan fingerprint density at radius 1 is 1.20 bits per heavy atom. The number of carboxylic acids is 1. The zero-order chi connectivity index (χ0) is 14.4. The first-order valence-electron chi connectivity index (χ1n) is 6.71. The van der Waals surface area contributed by atoms with Crippen molar-refractivity contribution in [2.24, 2.45) is 0 Å². The summed E-state index contributed by atoms with van der Waals surface area (Å²) >= 11 is 1.75. The molecule has 1 heterocycles. The molecule has 4 heteroatoms. The molecule has 1 aromatic heterocycles. The molecule has 2 aromatic rings. The number of carboxylic acid groups (broad SMARTS) is 1. The number of aryl methyl sites for hydroxylation is 1. The second-order valence-corrected chi connectivity index (χ2v) is 5.78. The summed E-state index contributed by atoms with van der Waals surface area (Å²) in [6, 6.07) is 12.3. The molecule has 0 aliphatic heterocycles. The predicted octanol–water partition coefficient (Wildman–Crippen LogP) is 3.58. The molecular formula is C16H19NO2S. The Balaban J connectivity index is 2.07. The number of aliphatic carboxylic acids is 1. The van der Waals surface area contributed by atoms with Crippen LogP contribution in [0.2, 0.25) is 0 Å². The van der Waals surface area contributed by atoms with E-state index < -0.39 is 5.97 Å². The van der Waals surface area contributed by atoms with Gasteiger partial charge in [-0.1, -0.05) is 24.3 Å². The Kier molecular flexibility index (Phi) is 5.18. The molecular weight excluding hydrogens is 270 g/mol. The van der Waals surface area contributed by atoms with Crippen LogP contribution in [0.3, 0.4) is 0 Å². The van der Waals surface area contributed by atoms with E-state index in [9.17, 15) is 4.79 Å². The molecule has 3 nitrogen and oxygen atoms in total. The van der Waals surface area contributed by atoms with Gasteiger partial charge in [-0.05, 0) is 36.4 Å². The van der Waals surface area contributed by atoms with Crippen LogP contribution in [0.1, 0.15) is 16.9 Å². The first-order valence-corrected chi connectivity index (χ1v) is 7.59. The van der Waals surface area contributed by atoms with Crippen LogP contribution in [0.25, 0.3) is 0 Å². The monoisotopic (exact) mass is 289 g/mol. The lowest BCUT2D eigenvalue weighted by Gasteiger charge is -2.25. The average molecular weight is 289 g/mol. The number of anilines is 1. The van der Waals surface area contributed by atoms with Gasteiger partial charge in [0.1, 0.15) is 0 Å². The summed E-state index contributed by atoms with van der Waals surface area (Å²) in [7, 11) is 0. The van der Waals surface area contributed by atoms with Gasteiger partial charge in [0, 0.05) is 23.7 Å². The van der Waals surface area contributed by atoms with Crippen molar-refractivity contribution in [2.45, 2.75) is 19.8 Å². The molecule has 0 radical (unpaired) electrons. The molecule has 20 heavy (non-hydrogen) atoms. The second-order valence-electron chi connectivity index (χ2n) is 4.75. The van der Waals surface area contributed by atoms with E-state index in [4.69, 9.17) is 5.11 Å². The predicted molar refractivity (Wildman–Crippen MR) is 83.7 cm³/mol. The standard InChI is InChI=1S/C16H19NO2S/c1-13-5-2-3-7-15(13)17(11-9-16(18)19)10-8-14-6-4-12-20-14/h2-7,12H,8-11H2,1H3,(H,18,19). The quantitative estimate of drug-likeness (QED) is 0.847. The van der Waals surface area contributed by atoms with E-state index in [1.165, 1.54) is 10.4 Å². The molecule has 0 spiro atoms. The maximum atomic E-state index is 10.8. The van der Waals surface area contributed by atoms with Crippen LogP contribution in [0.15, 0.2) is 41.8 Å². The van der Waals surface area contributed by atoms with Gasteiger partial charge in [0.05, 0.1) is 6.42 Å². The van der Waals surface area contributed by atoms with E-state index in [0.717, 1.165) is 18.7 Å². The lowest BCUT2D eigenvalue weighted by molar-refractivity contribution is -0.136. The summed E-state index contributed by atoms with van der Waals surface area (Å²) in [4.78, 5) is 14.3. The van der Waals surface area contributed by atoms with Crippen LogP contribution in [0.4, 0.5) is 5.69 Å². The molecule has 0 aliphatic rings. The van der Waals surface area contributed by atoms with Crippen LogP contribution in [0, 0.1) is 6.92 Å². The molecule has 0 unspecified atom stereocenters. The normalized spacial score (nSPS) is 10.4. The highest BCUT2D eigenvalue weighted by atomic mass is 32.1. The fourth-order valence-electron chi connectivity index (χ4n) is 2.20. The lowest BCUT2D eigenvalue weighted by atomic mass is 10.1. The van der Waals surface area contributed by atoms with Gasteiger partial charge in [-0.2, -0.15) is 0 Å². The first-order chi connectivity index (χ1) is 9.66. The van der Waals surface area contributed by atoms with Gasteiger partial charge in [0.15, 0.2) is 0 Å². The minimum absolute atomic E-state index is 0.165. The van der Waals surface area contributed by atoms with Gasteiger partial charge in [-0.15, -0.1) is 11.3 Å². The third-order valence-corrected chi connectivity index (χ3v) is 4.20. The van der Waals surface area contributed by atoms with Crippen molar-refractivity contribution in [3.8, 4) is 0 Å². The van der Waals surface area contributed by atoms with Gasteiger partial charge in [-0.25, -0.2) is 0 Å². The van der Waals surface area contributed by atoms with Gasteiger partial charge in [0.2, 0.25) is 0 Å². The van der Waals surface area contributed by atoms with Crippen molar-refractivity contribution in [3.05, 3.63) is 52.2 Å². The summed E-state index contributed by atoms with van der Waals surface area (Å²) in [6.45, 7) is 3.46. The van der Waals surface area contributed by atoms with Crippen molar-refractivity contribution in [3.63, 3.8) is 0 Å². The molecule has 0 bridgehead atoms. The Labute approximate surface area is 123 Å². The van der Waals surface area contributed by atoms with Crippen molar-refractivity contribution in [1.29, 1.82) is 0 Å². The smallest absolute Gasteiger partial charge is 0.305 e. The van der Waals surface area contributed by atoms with Crippen molar-refractivity contribution >= 4 is 23.0 Å². The van der Waals surface area contributed by atoms with Crippen molar-refractivity contribution < 1.29 is 9.90 Å². The average Bonchev–Trinajstić information content (AvgIpc) is 2.93. The minimum atomic E-state index is -0.750. The summed E-state index contributed by atoms with van der Waals surface area (Å²) in [5, 5.41) is 11.0. The van der Waals surface area contributed by atoms with Crippen LogP contribution < -0.4 is 4.90 Å². The molecule has 1 aromatic carbocycles. The Hall–Kier alpha value is -1.81. The number of carbonyl (C=O) groups is 1. The molecule has 0 saturated carbocycles. The molecule has 0 saturated heterocycles. The second kappa shape index (κ2) is 7.10. The number of benzene rings is 1. The molecule has 106 valence electrons. The van der Waals surface area contributed by atoms with E-state index in [1.807, 2.05) is 12.1 Å². The number of rotatable bonds is 7. The molecule has 1 N–H and O–H groups in total. The first kappa shape index (κ1) is 14.6. The summed E-state index contributed by atoms with van der Waals surface area (Å²) in [5.41, 5.74) is 2.31. The summed E-state index contributed by atoms with van der Waals surface area (Å²) < 4.78 is 0. The van der Waals surface area contributed by atoms with Gasteiger partial charge >= 0.3 is 5.97 Å². The third kappa shape index (κ3) is 4.10. The Morgan fingerprint density at radius 3 is 2.65 bits per heavy atom. The highest BCUT2D eigenvalue weighted by Gasteiger charge is 2.11. The highest BCUT2D eigenvalue weighted by molar-refractivity contribution is 7.09. The zero-order valence-corrected chi connectivity index (χ0v) is 12.4. The van der Waals surface area contributed by atoms with E-state index in [-0.39, 0.29) is 6.42 Å². The Bertz CT molecular complexity index is 551. The van der Waals surface area contributed by atoms with Gasteiger partial charge < -0.3 is 10.0 Å². The molecule has 0 amide bonds. The largest absolute Gasteiger partial charge is 0.481 e. The minimum Gasteiger partial charge on any atom is -0.481 e. The van der Waals surface area contributed by atoms with E-state index in [0.29, 0.717) is 6.54 Å². The van der Waals surface area contributed by atoms with Gasteiger partial charge in [0.25, 0.3) is 0 Å². The van der Waals surface area contributed by atoms with Gasteiger partial charge in [-0.3, -0.25) is 4.79 Å². The number of hydrogen-bond acceptors (Lipinski definition) is 3. The number of hydrogen-bond donors (Lipinski definition) is 1. The molecule has 2 rings (SSSR count). The maximum Gasteiger partial charge on any atom is 0.305 e. The number of para-hydroxylation sites is 1. The third-order valence-electron chi connectivity index (χ3n) is 3.26. The number of thiophene rings is 1. The van der Waals surface area contributed by atoms with E-state index in [2.05, 4.69) is 41.5 Å². The van der Waals surface area contributed by atoms with Crippen LogP contribution in [-0.4, -0.2) is 24.2 Å². The zero-order valence-electron chi connectivity index (χ0n) is 11.6. The van der Waals surface area contributed by atoms with E-state index >= 15 is 0 Å². The van der Waals surface area contributed by atoms with Crippen LogP contribution in [-0.2, 0) is 11.2 Å². The maximum absolute atomic E-state index is 10.8. The molecule has 0 atom stereocenters. The number of nitrogens with zero attached hydrogens (tertiary/aromatic N) is 1. The Morgan fingerprint density at radius 2 is 2.00 bits per heavy atom. The fourth-order valence-corrected chi connectivity index (χ4v) is 2.90.